The predicted molar refractivity (Wildman–Crippen MR) is 89.8 cm³/mol. The van der Waals surface area contributed by atoms with Gasteiger partial charge in [-0.05, 0) is 37.3 Å². The fourth-order valence-electron chi connectivity index (χ4n) is 2.97. The Kier molecular flexibility index (Phi) is 2.69. The Morgan fingerprint density at radius 3 is 2.57 bits per heavy atom. The van der Waals surface area contributed by atoms with E-state index in [0.717, 1.165) is 11.3 Å². The second kappa shape index (κ2) is 4.52. The van der Waals surface area contributed by atoms with Crippen molar-refractivity contribution in [3.63, 3.8) is 0 Å². The number of nitrogens with zero attached hydrogens (tertiary/aromatic N) is 3. The molecule has 0 saturated carbocycles. The lowest BCUT2D eigenvalue weighted by atomic mass is 10.1. The molecule has 0 radical (unpaired) electrons. The standard InChI is InChI=1S/C18H15N3O2/c1-10-4-7-15-13(8-10)16(22)17-19-14-6-5-11(20(2)3)9-12(14)18(23)21(15)17/h4-9H,1-3H3. The molecular formula is C18H15N3O2. The molecule has 0 spiro atoms. The average molecular weight is 305 g/mol. The molecule has 0 fully saturated rings. The van der Waals surface area contributed by atoms with Gasteiger partial charge in [0.2, 0.25) is 5.78 Å². The first-order valence-electron chi connectivity index (χ1n) is 7.37. The third kappa shape index (κ3) is 1.83. The third-order valence-corrected chi connectivity index (χ3v) is 4.21. The summed E-state index contributed by atoms with van der Waals surface area (Å²) in [6.45, 7) is 1.92. The van der Waals surface area contributed by atoms with E-state index in [1.54, 1.807) is 6.07 Å². The monoisotopic (exact) mass is 305 g/mol. The molecule has 114 valence electrons. The number of carbonyl (C=O) groups excluding carboxylic acids is 1. The highest BCUT2D eigenvalue weighted by molar-refractivity contribution is 6.13. The topological polar surface area (TPSA) is 55.2 Å². The van der Waals surface area contributed by atoms with Crippen LogP contribution in [0.25, 0.3) is 16.6 Å². The van der Waals surface area contributed by atoms with Gasteiger partial charge in [0.25, 0.3) is 5.56 Å². The maximum absolute atomic E-state index is 12.9. The molecule has 0 unspecified atom stereocenters. The predicted octanol–water partition coefficient (Wildman–Crippen LogP) is 2.30. The number of aromatic nitrogens is 2. The highest BCUT2D eigenvalue weighted by Gasteiger charge is 2.30. The Bertz CT molecular complexity index is 1050. The van der Waals surface area contributed by atoms with Crippen LogP contribution in [-0.2, 0) is 0 Å². The van der Waals surface area contributed by atoms with Crippen molar-refractivity contribution < 1.29 is 4.79 Å². The molecule has 2 aromatic carbocycles. The van der Waals surface area contributed by atoms with Crippen molar-refractivity contribution in [3.8, 4) is 5.69 Å². The lowest BCUT2D eigenvalue weighted by Gasteiger charge is -2.13. The molecule has 4 rings (SSSR count). The highest BCUT2D eigenvalue weighted by atomic mass is 16.1. The Hall–Kier alpha value is -2.95. The van der Waals surface area contributed by atoms with Gasteiger partial charge in [-0.1, -0.05) is 11.6 Å². The fourth-order valence-corrected chi connectivity index (χ4v) is 2.97. The molecular weight excluding hydrogens is 290 g/mol. The van der Waals surface area contributed by atoms with Crippen LogP contribution in [0.15, 0.2) is 41.2 Å². The Balaban J connectivity index is 2.10. The van der Waals surface area contributed by atoms with Crippen molar-refractivity contribution in [2.75, 3.05) is 19.0 Å². The molecule has 0 amide bonds. The van der Waals surface area contributed by atoms with Crippen LogP contribution in [0.2, 0.25) is 0 Å². The van der Waals surface area contributed by atoms with E-state index in [4.69, 9.17) is 0 Å². The molecule has 5 heteroatoms. The van der Waals surface area contributed by atoms with Crippen LogP contribution in [0.5, 0.6) is 0 Å². The van der Waals surface area contributed by atoms with E-state index in [-0.39, 0.29) is 17.2 Å². The van der Waals surface area contributed by atoms with E-state index < -0.39 is 0 Å². The molecule has 23 heavy (non-hydrogen) atoms. The van der Waals surface area contributed by atoms with Gasteiger partial charge < -0.3 is 4.90 Å². The first kappa shape index (κ1) is 13.7. The number of hydrogen-bond acceptors (Lipinski definition) is 4. The molecule has 0 atom stereocenters. The summed E-state index contributed by atoms with van der Waals surface area (Å²) >= 11 is 0. The first-order chi connectivity index (χ1) is 11.0. The molecule has 1 aliphatic rings. The number of ketones is 1. The summed E-state index contributed by atoms with van der Waals surface area (Å²) in [6, 6.07) is 11.0. The minimum absolute atomic E-state index is 0.195. The largest absolute Gasteiger partial charge is 0.378 e. The van der Waals surface area contributed by atoms with Crippen molar-refractivity contribution in [1.82, 2.24) is 9.55 Å². The number of anilines is 1. The van der Waals surface area contributed by atoms with Crippen LogP contribution < -0.4 is 10.5 Å². The molecule has 0 saturated heterocycles. The van der Waals surface area contributed by atoms with Crippen LogP contribution in [0, 0.1) is 6.92 Å². The maximum atomic E-state index is 12.9. The van der Waals surface area contributed by atoms with E-state index in [2.05, 4.69) is 4.98 Å². The lowest BCUT2D eigenvalue weighted by molar-refractivity contribution is 0.103. The molecule has 0 aliphatic carbocycles. The van der Waals surface area contributed by atoms with Gasteiger partial charge in [-0.2, -0.15) is 0 Å². The molecule has 3 aromatic rings. The van der Waals surface area contributed by atoms with Crippen LogP contribution in [0.3, 0.4) is 0 Å². The first-order valence-corrected chi connectivity index (χ1v) is 7.37. The van der Waals surface area contributed by atoms with Crippen molar-refractivity contribution in [1.29, 1.82) is 0 Å². The van der Waals surface area contributed by atoms with Gasteiger partial charge in [-0.15, -0.1) is 0 Å². The quantitative estimate of drug-likeness (QED) is 0.541. The van der Waals surface area contributed by atoms with Crippen LogP contribution in [0.4, 0.5) is 5.69 Å². The summed E-state index contributed by atoms with van der Waals surface area (Å²) in [5.41, 5.74) is 3.40. The van der Waals surface area contributed by atoms with E-state index in [1.807, 2.05) is 56.3 Å². The van der Waals surface area contributed by atoms with Gasteiger partial charge in [0.1, 0.15) is 0 Å². The van der Waals surface area contributed by atoms with Gasteiger partial charge >= 0.3 is 0 Å². The molecule has 0 bridgehead atoms. The van der Waals surface area contributed by atoms with E-state index in [0.29, 0.717) is 22.2 Å². The smallest absolute Gasteiger partial charge is 0.266 e. The summed E-state index contributed by atoms with van der Waals surface area (Å²) in [6.07, 6.45) is 0. The van der Waals surface area contributed by atoms with E-state index >= 15 is 0 Å². The normalized spacial score (nSPS) is 12.4. The number of hydrogen-bond donors (Lipinski definition) is 0. The lowest BCUT2D eigenvalue weighted by Crippen LogP contribution is -2.22. The Morgan fingerprint density at radius 1 is 1.04 bits per heavy atom. The molecule has 5 nitrogen and oxygen atoms in total. The number of aryl methyl sites for hydroxylation is 1. The summed E-state index contributed by atoms with van der Waals surface area (Å²) in [4.78, 5) is 31.9. The summed E-state index contributed by atoms with van der Waals surface area (Å²) in [7, 11) is 3.84. The molecule has 1 aromatic heterocycles. The van der Waals surface area contributed by atoms with Gasteiger partial charge in [0, 0.05) is 19.8 Å². The number of carbonyl (C=O) groups is 1. The van der Waals surface area contributed by atoms with Crippen molar-refractivity contribution in [3.05, 3.63) is 63.7 Å². The van der Waals surface area contributed by atoms with Crippen molar-refractivity contribution >= 4 is 22.4 Å². The molecule has 2 heterocycles. The number of benzene rings is 2. The summed E-state index contributed by atoms with van der Waals surface area (Å²) < 4.78 is 1.43. The van der Waals surface area contributed by atoms with Gasteiger partial charge in [-0.25, -0.2) is 4.98 Å². The Morgan fingerprint density at radius 2 is 1.83 bits per heavy atom. The van der Waals surface area contributed by atoms with Crippen LogP contribution in [0.1, 0.15) is 21.7 Å². The zero-order chi connectivity index (χ0) is 16.3. The summed E-state index contributed by atoms with van der Waals surface area (Å²) in [5.74, 6) is 0.0000826. The zero-order valence-corrected chi connectivity index (χ0v) is 13.1. The fraction of sp³-hybridized carbons (Fsp3) is 0.167. The van der Waals surface area contributed by atoms with Gasteiger partial charge in [-0.3, -0.25) is 14.2 Å². The summed E-state index contributed by atoms with van der Waals surface area (Å²) in [5, 5.41) is 0.515. The number of rotatable bonds is 1. The van der Waals surface area contributed by atoms with Crippen molar-refractivity contribution in [2.45, 2.75) is 6.92 Å². The highest BCUT2D eigenvalue weighted by Crippen LogP contribution is 2.27. The maximum Gasteiger partial charge on any atom is 0.266 e. The average Bonchev–Trinajstić information content (AvgIpc) is 2.80. The van der Waals surface area contributed by atoms with E-state index in [1.165, 1.54) is 4.57 Å². The third-order valence-electron chi connectivity index (χ3n) is 4.21. The second-order valence-corrected chi connectivity index (χ2v) is 6.02. The minimum Gasteiger partial charge on any atom is -0.378 e. The SMILES string of the molecule is Cc1ccc2c(c1)C(=O)c1nc3ccc(N(C)C)cc3c(=O)n1-2. The molecule has 0 N–H and O–H groups in total. The minimum atomic E-state index is -0.204. The van der Waals surface area contributed by atoms with Gasteiger partial charge in [0.05, 0.1) is 22.2 Å². The number of fused-ring (bicyclic) bond motifs is 4. The van der Waals surface area contributed by atoms with Gasteiger partial charge in [0.15, 0.2) is 5.82 Å². The van der Waals surface area contributed by atoms with Crippen LogP contribution >= 0.6 is 0 Å². The molecule has 1 aliphatic heterocycles. The Labute approximate surface area is 132 Å². The second-order valence-electron chi connectivity index (χ2n) is 6.02. The zero-order valence-electron chi connectivity index (χ0n) is 13.1. The van der Waals surface area contributed by atoms with Crippen molar-refractivity contribution in [2.24, 2.45) is 0 Å². The van der Waals surface area contributed by atoms with Crippen LogP contribution in [-0.4, -0.2) is 29.4 Å². The van der Waals surface area contributed by atoms with E-state index in [9.17, 15) is 9.59 Å².